The third-order valence-corrected chi connectivity index (χ3v) is 5.83. The van der Waals surface area contributed by atoms with Crippen molar-refractivity contribution in [2.75, 3.05) is 32.7 Å². The molecule has 0 aromatic rings. The molecule has 0 aromatic heterocycles. The molecule has 1 aliphatic heterocycles. The summed E-state index contributed by atoms with van der Waals surface area (Å²) in [6.45, 7) is 9.78. The van der Waals surface area contributed by atoms with E-state index in [4.69, 9.17) is 0 Å². The smallest absolute Gasteiger partial charge is 0.221 e. The number of rotatable bonds is 8. The summed E-state index contributed by atoms with van der Waals surface area (Å²) in [5.41, 5.74) is 0.104. The topological polar surface area (TPSA) is 35.6 Å². The molecule has 4 heteroatoms. The van der Waals surface area contributed by atoms with Crippen LogP contribution in [-0.4, -0.2) is 60.0 Å². The van der Waals surface area contributed by atoms with Crippen molar-refractivity contribution in [3.63, 3.8) is 0 Å². The van der Waals surface area contributed by atoms with Crippen LogP contribution in [0.3, 0.4) is 0 Å². The Bertz CT molecular complexity index is 376. The Balaban J connectivity index is 1.40. The van der Waals surface area contributed by atoms with Gasteiger partial charge in [0.25, 0.3) is 0 Å². The maximum Gasteiger partial charge on any atom is 0.221 e. The quantitative estimate of drug-likeness (QED) is 0.742. The maximum absolute atomic E-state index is 12.3. The lowest BCUT2D eigenvalue weighted by Gasteiger charge is -2.28. The average Bonchev–Trinajstić information content (AvgIpc) is 2.93. The standard InChI is InChI=1S/C17H31N3O/c1-3-19(4-2)13-17(8-9-17)18-16(21)7-10-20-12-14-5-6-15(20)11-14/h14-15H,3-13H2,1-2H3,(H,18,21)/t14-,15+/m1/s1. The van der Waals surface area contributed by atoms with E-state index >= 15 is 0 Å². The first-order chi connectivity index (χ1) is 10.1. The largest absolute Gasteiger partial charge is 0.349 e. The molecule has 0 unspecified atom stereocenters. The molecule has 2 atom stereocenters. The van der Waals surface area contributed by atoms with Crippen LogP contribution < -0.4 is 5.32 Å². The highest BCUT2D eigenvalue weighted by Crippen LogP contribution is 2.38. The number of likely N-dealkylation sites (tertiary alicyclic amines) is 1. The molecular weight excluding hydrogens is 262 g/mol. The third-order valence-electron chi connectivity index (χ3n) is 5.83. The Morgan fingerprint density at radius 1 is 1.29 bits per heavy atom. The Morgan fingerprint density at radius 3 is 2.57 bits per heavy atom. The summed E-state index contributed by atoms with van der Waals surface area (Å²) in [7, 11) is 0. The van der Waals surface area contributed by atoms with E-state index < -0.39 is 0 Å². The number of carbonyl (C=O) groups excluding carboxylic acids is 1. The van der Waals surface area contributed by atoms with E-state index in [9.17, 15) is 4.79 Å². The van der Waals surface area contributed by atoms with Crippen LogP contribution in [0.4, 0.5) is 0 Å². The SMILES string of the molecule is CCN(CC)CC1(NC(=O)CCN2C[C@@H]3CC[C@H]2C3)CC1. The van der Waals surface area contributed by atoms with Crippen molar-refractivity contribution in [3.05, 3.63) is 0 Å². The summed E-state index contributed by atoms with van der Waals surface area (Å²) in [5.74, 6) is 1.19. The van der Waals surface area contributed by atoms with Crippen molar-refractivity contribution in [3.8, 4) is 0 Å². The van der Waals surface area contributed by atoms with Gasteiger partial charge in [0.2, 0.25) is 5.91 Å². The minimum Gasteiger partial charge on any atom is -0.349 e. The number of nitrogens with one attached hydrogen (secondary N) is 1. The molecule has 4 nitrogen and oxygen atoms in total. The molecule has 0 aromatic carbocycles. The van der Waals surface area contributed by atoms with Crippen molar-refractivity contribution >= 4 is 5.91 Å². The van der Waals surface area contributed by atoms with Crippen molar-refractivity contribution < 1.29 is 4.79 Å². The highest BCUT2D eigenvalue weighted by Gasteiger charge is 2.45. The second kappa shape index (κ2) is 6.25. The van der Waals surface area contributed by atoms with Crippen LogP contribution in [0.2, 0.25) is 0 Å². The molecule has 1 amide bonds. The maximum atomic E-state index is 12.3. The minimum atomic E-state index is 0.104. The van der Waals surface area contributed by atoms with Gasteiger partial charge in [-0.3, -0.25) is 9.69 Å². The van der Waals surface area contributed by atoms with Gasteiger partial charge in [0.05, 0.1) is 5.54 Å². The van der Waals surface area contributed by atoms with Gasteiger partial charge in [-0.25, -0.2) is 0 Å². The Hall–Kier alpha value is -0.610. The van der Waals surface area contributed by atoms with Crippen molar-refractivity contribution in [2.24, 2.45) is 5.92 Å². The highest BCUT2D eigenvalue weighted by atomic mass is 16.1. The van der Waals surface area contributed by atoms with Crippen LogP contribution >= 0.6 is 0 Å². The van der Waals surface area contributed by atoms with E-state index in [1.54, 1.807) is 0 Å². The monoisotopic (exact) mass is 293 g/mol. The number of carbonyl (C=O) groups is 1. The van der Waals surface area contributed by atoms with Crippen molar-refractivity contribution in [1.29, 1.82) is 0 Å². The van der Waals surface area contributed by atoms with Gasteiger partial charge >= 0.3 is 0 Å². The van der Waals surface area contributed by atoms with Crippen LogP contribution in [-0.2, 0) is 4.79 Å². The molecular formula is C17H31N3O. The van der Waals surface area contributed by atoms with Gasteiger partial charge in [0.15, 0.2) is 0 Å². The van der Waals surface area contributed by atoms with Gasteiger partial charge in [-0.1, -0.05) is 13.8 Å². The molecule has 2 bridgehead atoms. The molecule has 3 rings (SSSR count). The van der Waals surface area contributed by atoms with Crippen LogP contribution in [0.15, 0.2) is 0 Å². The van der Waals surface area contributed by atoms with E-state index in [1.165, 1.54) is 25.8 Å². The molecule has 1 saturated heterocycles. The molecule has 2 saturated carbocycles. The van der Waals surface area contributed by atoms with E-state index in [1.807, 2.05) is 0 Å². The lowest BCUT2D eigenvalue weighted by molar-refractivity contribution is -0.122. The Kier molecular flexibility index (Phi) is 4.55. The van der Waals surface area contributed by atoms with E-state index in [0.717, 1.165) is 51.0 Å². The normalized spacial score (nSPS) is 30.0. The first kappa shape index (κ1) is 15.3. The van der Waals surface area contributed by atoms with Crippen LogP contribution in [0, 0.1) is 5.92 Å². The fourth-order valence-corrected chi connectivity index (χ4v) is 4.25. The van der Waals surface area contributed by atoms with Crippen molar-refractivity contribution in [2.45, 2.75) is 64.0 Å². The summed E-state index contributed by atoms with van der Waals surface area (Å²) < 4.78 is 0. The number of amides is 1. The van der Waals surface area contributed by atoms with E-state index in [0.29, 0.717) is 6.42 Å². The van der Waals surface area contributed by atoms with Crippen LogP contribution in [0.5, 0.6) is 0 Å². The zero-order valence-electron chi connectivity index (χ0n) is 13.7. The molecule has 1 heterocycles. The fourth-order valence-electron chi connectivity index (χ4n) is 4.25. The van der Waals surface area contributed by atoms with Gasteiger partial charge < -0.3 is 10.2 Å². The molecule has 2 aliphatic carbocycles. The molecule has 0 radical (unpaired) electrons. The first-order valence-corrected chi connectivity index (χ1v) is 8.91. The molecule has 3 fully saturated rings. The van der Waals surface area contributed by atoms with Crippen molar-refractivity contribution in [1.82, 2.24) is 15.1 Å². The summed E-state index contributed by atoms with van der Waals surface area (Å²) in [6.07, 6.45) is 7.16. The second-order valence-electron chi connectivity index (χ2n) is 7.37. The molecule has 0 spiro atoms. The first-order valence-electron chi connectivity index (χ1n) is 8.91. The summed E-state index contributed by atoms with van der Waals surface area (Å²) >= 11 is 0. The second-order valence-corrected chi connectivity index (χ2v) is 7.37. The molecule has 1 N–H and O–H groups in total. The highest BCUT2D eigenvalue weighted by molar-refractivity contribution is 5.77. The summed E-state index contributed by atoms with van der Waals surface area (Å²) in [6, 6.07) is 0.786. The minimum absolute atomic E-state index is 0.104. The van der Waals surface area contributed by atoms with Crippen LogP contribution in [0.1, 0.15) is 52.4 Å². The third kappa shape index (κ3) is 3.59. The predicted molar refractivity (Wildman–Crippen MR) is 85.2 cm³/mol. The van der Waals surface area contributed by atoms with Gasteiger partial charge in [-0.05, 0) is 51.1 Å². The molecule has 21 heavy (non-hydrogen) atoms. The molecule has 3 aliphatic rings. The van der Waals surface area contributed by atoms with Gasteiger partial charge in [0, 0.05) is 32.1 Å². The lowest BCUT2D eigenvalue weighted by atomic mass is 10.1. The average molecular weight is 293 g/mol. The van der Waals surface area contributed by atoms with E-state index in [-0.39, 0.29) is 11.4 Å². The number of hydrogen-bond donors (Lipinski definition) is 1. The summed E-state index contributed by atoms with van der Waals surface area (Å²) in [5, 5.41) is 3.33. The number of likely N-dealkylation sites (N-methyl/N-ethyl adjacent to an activating group) is 1. The Morgan fingerprint density at radius 2 is 2.05 bits per heavy atom. The van der Waals surface area contributed by atoms with Gasteiger partial charge in [-0.15, -0.1) is 0 Å². The molecule has 120 valence electrons. The van der Waals surface area contributed by atoms with E-state index in [2.05, 4.69) is 29.0 Å². The lowest BCUT2D eigenvalue weighted by Crippen LogP contribution is -2.46. The van der Waals surface area contributed by atoms with Crippen LogP contribution in [0.25, 0.3) is 0 Å². The fraction of sp³-hybridized carbons (Fsp3) is 0.941. The zero-order valence-corrected chi connectivity index (χ0v) is 13.7. The number of hydrogen-bond acceptors (Lipinski definition) is 3. The number of fused-ring (bicyclic) bond motifs is 2. The number of piperidine rings is 1. The predicted octanol–water partition coefficient (Wildman–Crippen LogP) is 1.85. The summed E-state index contributed by atoms with van der Waals surface area (Å²) in [4.78, 5) is 17.2. The number of nitrogens with zero attached hydrogens (tertiary/aromatic N) is 2. The zero-order chi connectivity index (χ0) is 14.9. The van der Waals surface area contributed by atoms with Gasteiger partial charge in [-0.2, -0.15) is 0 Å². The van der Waals surface area contributed by atoms with Gasteiger partial charge in [0.1, 0.15) is 0 Å². The Labute approximate surface area is 129 Å².